The van der Waals surface area contributed by atoms with Crippen LogP contribution in [-0.2, 0) is 0 Å². The normalized spacial score (nSPS) is 42.3. The van der Waals surface area contributed by atoms with Gasteiger partial charge in [0.15, 0.2) is 0 Å². The molecule has 8 rings (SSSR count). The maximum Gasteiger partial charge on any atom is 0.0290 e. The number of nitrogens with one attached hydrogen (secondary N) is 1. The number of rotatable bonds is 7. The lowest BCUT2D eigenvalue weighted by atomic mass is 9.54. The second-order valence-electron chi connectivity index (χ2n) is 16.7. The van der Waals surface area contributed by atoms with Crippen molar-refractivity contribution < 1.29 is 0 Å². The molecule has 246 valence electrons. The molecular weight excluding hydrogens is 555 g/mol. The molecule has 1 nitrogen and oxygen atoms in total. The highest BCUT2D eigenvalue weighted by molar-refractivity contribution is 5.32. The molecule has 2 fully saturated rings. The van der Waals surface area contributed by atoms with Gasteiger partial charge >= 0.3 is 0 Å². The van der Waals surface area contributed by atoms with Gasteiger partial charge in [-0.15, -0.1) is 0 Å². The van der Waals surface area contributed by atoms with Crippen molar-refractivity contribution in [2.75, 3.05) is 6.54 Å². The summed E-state index contributed by atoms with van der Waals surface area (Å²) >= 11 is 0. The fourth-order valence-electron chi connectivity index (χ4n) is 11.9. The Labute approximate surface area is 281 Å². The molecular formula is C45H61N. The van der Waals surface area contributed by atoms with Gasteiger partial charge in [0, 0.05) is 18.5 Å². The van der Waals surface area contributed by atoms with Gasteiger partial charge in [-0.05, 0) is 155 Å². The summed E-state index contributed by atoms with van der Waals surface area (Å²) in [5, 5.41) is 3.67. The number of fused-ring (bicyclic) bond motifs is 1. The summed E-state index contributed by atoms with van der Waals surface area (Å²) in [6.07, 6.45) is 56.4. The van der Waals surface area contributed by atoms with Gasteiger partial charge in [0.1, 0.15) is 0 Å². The van der Waals surface area contributed by atoms with Crippen LogP contribution in [0.4, 0.5) is 0 Å². The Hall–Kier alpha value is -2.12. The van der Waals surface area contributed by atoms with Crippen LogP contribution in [0.3, 0.4) is 0 Å². The minimum absolute atomic E-state index is 0.592. The van der Waals surface area contributed by atoms with E-state index in [0.717, 1.165) is 48.0 Å². The third-order valence-corrected chi connectivity index (χ3v) is 14.1. The van der Waals surface area contributed by atoms with E-state index in [9.17, 15) is 0 Å². The Balaban J connectivity index is 0.951. The van der Waals surface area contributed by atoms with Crippen molar-refractivity contribution in [2.24, 2.45) is 59.2 Å². The monoisotopic (exact) mass is 615 g/mol. The molecule has 8 aliphatic rings. The maximum absolute atomic E-state index is 3.67. The van der Waals surface area contributed by atoms with Crippen LogP contribution >= 0.6 is 0 Å². The first-order valence-corrected chi connectivity index (χ1v) is 20.0. The summed E-state index contributed by atoms with van der Waals surface area (Å²) in [5.74, 6) is 8.34. The zero-order valence-electron chi connectivity index (χ0n) is 28.6. The Morgan fingerprint density at radius 2 is 1.50 bits per heavy atom. The zero-order chi connectivity index (χ0) is 30.7. The van der Waals surface area contributed by atoms with Crippen molar-refractivity contribution in [3.8, 4) is 0 Å². The molecule has 1 heteroatoms. The second kappa shape index (κ2) is 14.6. The fraction of sp³-hybridized carbons (Fsp3) is 0.644. The van der Waals surface area contributed by atoms with Gasteiger partial charge in [-0.3, -0.25) is 0 Å². The smallest absolute Gasteiger partial charge is 0.0290 e. The van der Waals surface area contributed by atoms with Crippen LogP contribution in [0.5, 0.6) is 0 Å². The fourth-order valence-corrected chi connectivity index (χ4v) is 11.9. The highest BCUT2D eigenvalue weighted by Gasteiger charge is 2.45. The molecule has 1 aliphatic heterocycles. The third kappa shape index (κ3) is 6.88. The molecule has 7 aliphatic carbocycles. The van der Waals surface area contributed by atoms with Crippen molar-refractivity contribution in [1.82, 2.24) is 5.32 Å². The molecule has 1 heterocycles. The van der Waals surface area contributed by atoms with E-state index in [1.807, 2.05) is 0 Å². The van der Waals surface area contributed by atoms with Crippen molar-refractivity contribution in [3.05, 3.63) is 95.7 Å². The van der Waals surface area contributed by atoms with Crippen LogP contribution in [0.25, 0.3) is 0 Å². The van der Waals surface area contributed by atoms with E-state index in [-0.39, 0.29) is 0 Å². The van der Waals surface area contributed by atoms with Crippen molar-refractivity contribution in [2.45, 2.75) is 115 Å². The summed E-state index contributed by atoms with van der Waals surface area (Å²) in [4.78, 5) is 0. The van der Waals surface area contributed by atoms with E-state index in [0.29, 0.717) is 23.8 Å². The first-order chi connectivity index (χ1) is 22.8. The lowest BCUT2D eigenvalue weighted by molar-refractivity contribution is 0.00695. The summed E-state index contributed by atoms with van der Waals surface area (Å²) < 4.78 is 0. The van der Waals surface area contributed by atoms with E-state index in [4.69, 9.17) is 0 Å². The first-order valence-electron chi connectivity index (χ1n) is 20.0. The van der Waals surface area contributed by atoms with E-state index in [1.54, 1.807) is 16.7 Å². The highest BCUT2D eigenvalue weighted by atomic mass is 14.9. The predicted molar refractivity (Wildman–Crippen MR) is 195 cm³/mol. The quantitative estimate of drug-likeness (QED) is 0.281. The zero-order valence-corrected chi connectivity index (χ0v) is 28.6. The Morgan fingerprint density at radius 3 is 2.24 bits per heavy atom. The molecule has 0 bridgehead atoms. The van der Waals surface area contributed by atoms with E-state index in [2.05, 4.69) is 84.3 Å². The number of allylic oxidation sites excluding steroid dienone is 13. The Kier molecular flexibility index (Phi) is 9.86. The molecule has 11 atom stereocenters. The Morgan fingerprint density at radius 1 is 0.652 bits per heavy atom. The summed E-state index contributed by atoms with van der Waals surface area (Å²) in [6, 6.07) is 0.592. The van der Waals surface area contributed by atoms with E-state index >= 15 is 0 Å². The van der Waals surface area contributed by atoms with Crippen LogP contribution in [0.2, 0.25) is 0 Å². The summed E-state index contributed by atoms with van der Waals surface area (Å²) in [6.45, 7) is 1.07. The summed E-state index contributed by atoms with van der Waals surface area (Å²) in [7, 11) is 0. The van der Waals surface area contributed by atoms with Gasteiger partial charge in [-0.1, -0.05) is 103 Å². The molecule has 2 saturated carbocycles. The van der Waals surface area contributed by atoms with Gasteiger partial charge in [-0.25, -0.2) is 0 Å². The predicted octanol–water partition coefficient (Wildman–Crippen LogP) is 11.4. The van der Waals surface area contributed by atoms with Crippen LogP contribution in [0, 0.1) is 59.2 Å². The minimum atomic E-state index is 0.592. The maximum atomic E-state index is 3.67. The molecule has 1 N–H and O–H groups in total. The lowest BCUT2D eigenvalue weighted by Gasteiger charge is -2.51. The van der Waals surface area contributed by atoms with Crippen LogP contribution in [-0.4, -0.2) is 12.6 Å². The topological polar surface area (TPSA) is 12.0 Å². The van der Waals surface area contributed by atoms with E-state index < -0.39 is 0 Å². The first kappa shape index (κ1) is 31.2. The standard InChI is InChI=1S/C45H61N/c1-3-12-33(13-4-1)38-29-39(34-14-5-2-6-15-34)31-40(30-38)35-20-22-36(23-21-35)42-24-25-43(45-19-8-7-18-44(42)45)37-16-9-11-32(27-37)28-41-17-10-26-46-41/h1,3-5,10,12,14-15,17,20,22,27,30,33,35-37,39-46H,2,6-9,11,13,16,18-19,21,23-26,28-29,31H2. The average Bonchev–Trinajstić information content (AvgIpc) is 3.65. The minimum Gasteiger partial charge on any atom is -0.307 e. The molecule has 11 unspecified atom stereocenters. The molecule has 0 aromatic heterocycles. The van der Waals surface area contributed by atoms with Gasteiger partial charge in [-0.2, -0.15) is 0 Å². The second-order valence-corrected chi connectivity index (χ2v) is 16.7. The van der Waals surface area contributed by atoms with E-state index in [1.165, 1.54) is 109 Å². The van der Waals surface area contributed by atoms with Crippen molar-refractivity contribution in [3.63, 3.8) is 0 Å². The molecule has 0 aromatic carbocycles. The average molecular weight is 616 g/mol. The Bertz CT molecular complexity index is 1310. The van der Waals surface area contributed by atoms with Gasteiger partial charge in [0.2, 0.25) is 0 Å². The van der Waals surface area contributed by atoms with Crippen molar-refractivity contribution >= 4 is 0 Å². The largest absolute Gasteiger partial charge is 0.307 e. The molecule has 0 spiro atoms. The number of hydrogen-bond acceptors (Lipinski definition) is 1. The van der Waals surface area contributed by atoms with Crippen LogP contribution in [0.1, 0.15) is 109 Å². The molecule has 0 amide bonds. The van der Waals surface area contributed by atoms with Crippen LogP contribution < -0.4 is 5.32 Å². The van der Waals surface area contributed by atoms with Gasteiger partial charge < -0.3 is 5.32 Å². The lowest BCUT2D eigenvalue weighted by Crippen LogP contribution is -2.42. The van der Waals surface area contributed by atoms with Crippen LogP contribution in [0.15, 0.2) is 95.7 Å². The SMILES string of the molecule is C1=CCC(C2=CC(C3C=CC(C4CCC(C5C=C(CC6C=CCN6)CCC5)C5CCCCC45)CC3)CC(C3=CCCC=C3)C2)C=C1. The third-order valence-electron chi connectivity index (χ3n) is 14.1. The summed E-state index contributed by atoms with van der Waals surface area (Å²) in [5.41, 5.74) is 5.14. The van der Waals surface area contributed by atoms with Gasteiger partial charge in [0.05, 0.1) is 0 Å². The molecule has 46 heavy (non-hydrogen) atoms. The molecule has 0 aromatic rings. The molecule has 0 saturated heterocycles. The highest BCUT2D eigenvalue weighted by Crippen LogP contribution is 2.55. The van der Waals surface area contributed by atoms with Crippen molar-refractivity contribution in [1.29, 1.82) is 0 Å². The van der Waals surface area contributed by atoms with Gasteiger partial charge in [0.25, 0.3) is 0 Å². The number of hydrogen-bond donors (Lipinski definition) is 1. The molecule has 0 radical (unpaired) electrons.